The van der Waals surface area contributed by atoms with Crippen LogP contribution in [-0.4, -0.2) is 18.4 Å². The summed E-state index contributed by atoms with van der Waals surface area (Å²) < 4.78 is 45.5. The van der Waals surface area contributed by atoms with Gasteiger partial charge in [-0.2, -0.15) is 13.2 Å². The van der Waals surface area contributed by atoms with E-state index in [0.29, 0.717) is 5.75 Å². The van der Waals surface area contributed by atoms with Crippen molar-refractivity contribution in [3.8, 4) is 5.75 Å². The summed E-state index contributed by atoms with van der Waals surface area (Å²) in [6.07, 6.45) is -3.21. The van der Waals surface area contributed by atoms with Crippen molar-refractivity contribution in [3.05, 3.63) is 53.6 Å². The average molecular weight is 392 g/mol. The molecule has 0 saturated heterocycles. The molecule has 0 spiro atoms. The van der Waals surface area contributed by atoms with Crippen molar-refractivity contribution in [1.29, 1.82) is 0 Å². The molecule has 0 aliphatic heterocycles. The smallest absolute Gasteiger partial charge is 0.418 e. The van der Waals surface area contributed by atoms with Crippen LogP contribution in [0.1, 0.15) is 24.0 Å². The monoisotopic (exact) mass is 392 g/mol. The first-order chi connectivity index (χ1) is 13.2. The molecule has 0 aromatic heterocycles. The summed E-state index contributed by atoms with van der Waals surface area (Å²) in [5.41, 5.74) is -0.582. The van der Waals surface area contributed by atoms with Gasteiger partial charge in [-0.25, -0.2) is 0 Å². The molecule has 1 fully saturated rings. The summed E-state index contributed by atoms with van der Waals surface area (Å²) in [7, 11) is 0. The van der Waals surface area contributed by atoms with Crippen LogP contribution < -0.4 is 15.4 Å². The minimum atomic E-state index is -4.69. The third-order valence-electron chi connectivity index (χ3n) is 4.27. The molecule has 8 heteroatoms. The van der Waals surface area contributed by atoms with Crippen LogP contribution >= 0.6 is 0 Å². The number of para-hydroxylation sites is 1. The van der Waals surface area contributed by atoms with Crippen molar-refractivity contribution < 1.29 is 27.5 Å². The lowest BCUT2D eigenvalue weighted by atomic mass is 10.1. The van der Waals surface area contributed by atoms with E-state index in [4.69, 9.17) is 4.74 Å². The Labute approximate surface area is 159 Å². The van der Waals surface area contributed by atoms with E-state index >= 15 is 0 Å². The number of ether oxygens (including phenoxy) is 1. The fourth-order valence-electron chi connectivity index (χ4n) is 2.60. The standard InChI is InChI=1S/C20H19F3N2O3/c1-12-4-2-3-5-17(12)28-11-18(26)25-16-9-8-14(10-15(16)20(21,22)23)24-19(27)13-6-7-13/h2-5,8-10,13H,6-7,11H2,1H3,(H,24,27)(H,25,26). The third kappa shape index (κ3) is 5.03. The summed E-state index contributed by atoms with van der Waals surface area (Å²) >= 11 is 0. The Hall–Kier alpha value is -3.03. The van der Waals surface area contributed by atoms with E-state index in [2.05, 4.69) is 10.6 Å². The molecule has 0 radical (unpaired) electrons. The van der Waals surface area contributed by atoms with E-state index in [1.807, 2.05) is 0 Å². The molecule has 28 heavy (non-hydrogen) atoms. The topological polar surface area (TPSA) is 67.4 Å². The van der Waals surface area contributed by atoms with Crippen molar-refractivity contribution in [1.82, 2.24) is 0 Å². The average Bonchev–Trinajstić information content (AvgIpc) is 3.46. The Morgan fingerprint density at radius 1 is 1.11 bits per heavy atom. The van der Waals surface area contributed by atoms with Gasteiger partial charge in [0.05, 0.1) is 11.3 Å². The number of nitrogens with one attached hydrogen (secondary N) is 2. The number of carbonyl (C=O) groups is 2. The van der Waals surface area contributed by atoms with Crippen LogP contribution in [0.4, 0.5) is 24.5 Å². The van der Waals surface area contributed by atoms with E-state index in [1.54, 1.807) is 31.2 Å². The molecule has 1 aliphatic rings. The molecule has 0 unspecified atom stereocenters. The van der Waals surface area contributed by atoms with Gasteiger partial charge in [-0.1, -0.05) is 18.2 Å². The number of aryl methyl sites for hydroxylation is 1. The van der Waals surface area contributed by atoms with Crippen LogP contribution in [0.5, 0.6) is 5.75 Å². The second-order valence-electron chi connectivity index (χ2n) is 6.62. The molecule has 3 rings (SSSR count). The molecule has 0 bridgehead atoms. The summed E-state index contributed by atoms with van der Waals surface area (Å²) in [4.78, 5) is 23.8. The second kappa shape index (κ2) is 7.92. The summed E-state index contributed by atoms with van der Waals surface area (Å²) in [5, 5.41) is 4.70. The van der Waals surface area contributed by atoms with E-state index in [-0.39, 0.29) is 17.5 Å². The van der Waals surface area contributed by atoms with Gasteiger partial charge in [-0.05, 0) is 49.6 Å². The Morgan fingerprint density at radius 2 is 1.82 bits per heavy atom. The van der Waals surface area contributed by atoms with Gasteiger partial charge in [-0.3, -0.25) is 9.59 Å². The van der Waals surface area contributed by atoms with E-state index in [1.165, 1.54) is 6.07 Å². The molecule has 1 saturated carbocycles. The van der Waals surface area contributed by atoms with Gasteiger partial charge in [0.15, 0.2) is 6.61 Å². The zero-order valence-corrected chi connectivity index (χ0v) is 15.1. The first-order valence-corrected chi connectivity index (χ1v) is 8.74. The summed E-state index contributed by atoms with van der Waals surface area (Å²) in [6.45, 7) is 1.37. The number of hydrogen-bond donors (Lipinski definition) is 2. The number of anilines is 2. The van der Waals surface area contributed by atoms with Crippen LogP contribution in [0.3, 0.4) is 0 Å². The fraction of sp³-hybridized carbons (Fsp3) is 0.300. The van der Waals surface area contributed by atoms with Crippen molar-refractivity contribution in [2.45, 2.75) is 25.9 Å². The zero-order chi connectivity index (χ0) is 20.3. The van der Waals surface area contributed by atoms with Crippen LogP contribution in [-0.2, 0) is 15.8 Å². The van der Waals surface area contributed by atoms with Gasteiger partial charge in [0, 0.05) is 11.6 Å². The number of carbonyl (C=O) groups excluding carboxylic acids is 2. The van der Waals surface area contributed by atoms with E-state index < -0.39 is 29.9 Å². The molecule has 2 aromatic carbocycles. The quantitative estimate of drug-likeness (QED) is 0.767. The fourth-order valence-corrected chi connectivity index (χ4v) is 2.60. The first kappa shape index (κ1) is 19.7. The van der Waals surface area contributed by atoms with Crippen LogP contribution in [0.15, 0.2) is 42.5 Å². The lowest BCUT2D eigenvalue weighted by Crippen LogP contribution is -2.23. The Morgan fingerprint density at radius 3 is 2.46 bits per heavy atom. The first-order valence-electron chi connectivity index (χ1n) is 8.74. The second-order valence-corrected chi connectivity index (χ2v) is 6.62. The lowest BCUT2D eigenvalue weighted by Gasteiger charge is -2.16. The van der Waals surface area contributed by atoms with Crippen molar-refractivity contribution in [3.63, 3.8) is 0 Å². The third-order valence-corrected chi connectivity index (χ3v) is 4.27. The van der Waals surface area contributed by atoms with Gasteiger partial charge in [0.1, 0.15) is 5.75 Å². The Kier molecular flexibility index (Phi) is 5.58. The highest BCUT2D eigenvalue weighted by Crippen LogP contribution is 2.37. The minimum Gasteiger partial charge on any atom is -0.483 e. The maximum absolute atomic E-state index is 13.4. The highest BCUT2D eigenvalue weighted by atomic mass is 19.4. The zero-order valence-electron chi connectivity index (χ0n) is 15.1. The number of halogens is 3. The number of hydrogen-bond acceptors (Lipinski definition) is 3. The predicted molar refractivity (Wildman–Crippen MR) is 98.1 cm³/mol. The highest BCUT2D eigenvalue weighted by molar-refractivity contribution is 5.96. The molecular formula is C20H19F3N2O3. The largest absolute Gasteiger partial charge is 0.483 e. The maximum atomic E-state index is 13.4. The lowest BCUT2D eigenvalue weighted by molar-refractivity contribution is -0.137. The number of amides is 2. The minimum absolute atomic E-state index is 0.0402. The maximum Gasteiger partial charge on any atom is 0.418 e. The van der Waals surface area contributed by atoms with Gasteiger partial charge >= 0.3 is 6.18 Å². The van der Waals surface area contributed by atoms with Crippen LogP contribution in [0.2, 0.25) is 0 Å². The molecule has 2 aromatic rings. The molecule has 5 nitrogen and oxygen atoms in total. The van der Waals surface area contributed by atoms with Crippen molar-refractivity contribution >= 4 is 23.2 Å². The Balaban J connectivity index is 1.70. The summed E-state index contributed by atoms with van der Waals surface area (Å²) in [6, 6.07) is 10.3. The molecular weight excluding hydrogens is 373 g/mol. The van der Waals surface area contributed by atoms with Crippen molar-refractivity contribution in [2.24, 2.45) is 5.92 Å². The highest BCUT2D eigenvalue weighted by Gasteiger charge is 2.35. The van der Waals surface area contributed by atoms with Crippen molar-refractivity contribution in [2.75, 3.05) is 17.2 Å². The normalized spacial score (nSPS) is 13.7. The molecule has 2 N–H and O–H groups in total. The molecule has 0 atom stereocenters. The number of alkyl halides is 3. The molecule has 0 heterocycles. The van der Waals surface area contributed by atoms with E-state index in [0.717, 1.165) is 30.5 Å². The van der Waals surface area contributed by atoms with Gasteiger partial charge < -0.3 is 15.4 Å². The van der Waals surface area contributed by atoms with Gasteiger partial charge in [0.25, 0.3) is 5.91 Å². The van der Waals surface area contributed by atoms with Gasteiger partial charge in [0.2, 0.25) is 5.91 Å². The number of benzene rings is 2. The molecule has 148 valence electrons. The van der Waals surface area contributed by atoms with E-state index in [9.17, 15) is 22.8 Å². The molecule has 2 amide bonds. The molecule has 1 aliphatic carbocycles. The Bertz CT molecular complexity index is 893. The van der Waals surface area contributed by atoms with Crippen LogP contribution in [0.25, 0.3) is 0 Å². The van der Waals surface area contributed by atoms with Crippen LogP contribution in [0, 0.1) is 12.8 Å². The predicted octanol–water partition coefficient (Wildman–Crippen LogP) is 4.38. The van der Waals surface area contributed by atoms with Gasteiger partial charge in [-0.15, -0.1) is 0 Å². The SMILES string of the molecule is Cc1ccccc1OCC(=O)Nc1ccc(NC(=O)C2CC2)cc1C(F)(F)F. The number of rotatable bonds is 6. The summed E-state index contributed by atoms with van der Waals surface area (Å²) in [5.74, 6) is -0.667.